The van der Waals surface area contributed by atoms with E-state index in [-0.39, 0.29) is 11.9 Å². The van der Waals surface area contributed by atoms with Crippen molar-refractivity contribution in [1.29, 1.82) is 0 Å². The zero-order valence-electron chi connectivity index (χ0n) is 17.2. The number of amides is 1. The Kier molecular flexibility index (Phi) is 5.31. The van der Waals surface area contributed by atoms with Gasteiger partial charge in [0.1, 0.15) is 0 Å². The van der Waals surface area contributed by atoms with Gasteiger partial charge in [-0.3, -0.25) is 4.79 Å². The van der Waals surface area contributed by atoms with E-state index in [1.807, 2.05) is 23.1 Å². The highest BCUT2D eigenvalue weighted by molar-refractivity contribution is 7.16. The lowest BCUT2D eigenvalue weighted by molar-refractivity contribution is -0.133. The number of hydrogen-bond donors (Lipinski definition) is 0. The van der Waals surface area contributed by atoms with Crippen molar-refractivity contribution < 1.29 is 9.53 Å². The van der Waals surface area contributed by atoms with Gasteiger partial charge in [0.2, 0.25) is 5.91 Å². The second kappa shape index (κ2) is 8.24. The van der Waals surface area contributed by atoms with Crippen molar-refractivity contribution in [3.05, 3.63) is 59.2 Å². The van der Waals surface area contributed by atoms with Crippen LogP contribution in [0.4, 0.5) is 5.13 Å². The summed E-state index contributed by atoms with van der Waals surface area (Å²) in [6.45, 7) is 6.85. The molecule has 0 N–H and O–H groups in total. The molecule has 1 fully saturated rings. The van der Waals surface area contributed by atoms with Gasteiger partial charge in [-0.2, -0.15) is 0 Å². The average molecular weight is 423 g/mol. The molecular weight excluding hydrogens is 396 g/mol. The van der Waals surface area contributed by atoms with E-state index in [0.29, 0.717) is 6.42 Å². The van der Waals surface area contributed by atoms with Gasteiger partial charge in [-0.15, -0.1) is 11.3 Å². The summed E-state index contributed by atoms with van der Waals surface area (Å²) in [5.41, 5.74) is 3.20. The first kappa shape index (κ1) is 19.3. The number of nitrogens with zero attached hydrogens (tertiary/aromatic N) is 4. The Balaban J connectivity index is 1.43. The summed E-state index contributed by atoms with van der Waals surface area (Å²) in [7, 11) is 0. The van der Waals surface area contributed by atoms with Crippen LogP contribution in [0.3, 0.4) is 0 Å². The minimum atomic E-state index is 0.0908. The number of fused-ring (bicyclic) bond motifs is 1. The molecule has 2 aliphatic rings. The molecule has 1 aromatic carbocycles. The molecule has 7 heteroatoms. The molecule has 3 aromatic rings. The standard InChI is InChI=1S/C23H26N4O2S/c1-17-19-8-5-9-25(19)10-11-27(17)21(28)16-20-22(18-6-3-2-4-7-18)24-23(30-20)26-12-14-29-15-13-26/h2-9,17H,10-16H2,1H3/t17-/m0/s1. The van der Waals surface area contributed by atoms with Gasteiger partial charge < -0.3 is 19.1 Å². The molecule has 156 valence electrons. The Morgan fingerprint density at radius 2 is 1.90 bits per heavy atom. The van der Waals surface area contributed by atoms with Crippen LogP contribution >= 0.6 is 11.3 Å². The Morgan fingerprint density at radius 3 is 2.70 bits per heavy atom. The average Bonchev–Trinajstić information content (AvgIpc) is 3.43. The number of carbonyl (C=O) groups excluding carboxylic acids is 1. The Labute approximate surface area is 180 Å². The number of benzene rings is 1. The first-order valence-corrected chi connectivity index (χ1v) is 11.3. The molecule has 0 aliphatic carbocycles. The summed E-state index contributed by atoms with van der Waals surface area (Å²) in [5.74, 6) is 0.171. The van der Waals surface area contributed by atoms with Crippen molar-refractivity contribution in [3.63, 3.8) is 0 Å². The maximum atomic E-state index is 13.3. The summed E-state index contributed by atoms with van der Waals surface area (Å²) in [6.07, 6.45) is 2.48. The number of aromatic nitrogens is 2. The monoisotopic (exact) mass is 422 g/mol. The van der Waals surface area contributed by atoms with Crippen molar-refractivity contribution in [1.82, 2.24) is 14.5 Å². The number of hydrogen-bond acceptors (Lipinski definition) is 5. The van der Waals surface area contributed by atoms with Crippen molar-refractivity contribution in [3.8, 4) is 11.3 Å². The van der Waals surface area contributed by atoms with Gasteiger partial charge in [0.05, 0.1) is 31.4 Å². The SMILES string of the molecule is C[C@H]1c2cccn2CCN1C(=O)Cc1sc(N2CCOCC2)nc1-c1ccccc1. The Bertz CT molecular complexity index is 1020. The van der Waals surface area contributed by atoms with Crippen molar-refractivity contribution in [2.24, 2.45) is 0 Å². The highest BCUT2D eigenvalue weighted by Gasteiger charge is 2.29. The number of ether oxygens (including phenoxy) is 1. The summed E-state index contributed by atoms with van der Waals surface area (Å²) in [6, 6.07) is 14.5. The van der Waals surface area contributed by atoms with E-state index in [4.69, 9.17) is 9.72 Å². The van der Waals surface area contributed by atoms with Gasteiger partial charge in [-0.1, -0.05) is 30.3 Å². The van der Waals surface area contributed by atoms with Crippen LogP contribution in [-0.4, -0.2) is 53.2 Å². The zero-order valence-corrected chi connectivity index (χ0v) is 18.0. The zero-order chi connectivity index (χ0) is 20.5. The van der Waals surface area contributed by atoms with E-state index >= 15 is 0 Å². The molecule has 1 atom stereocenters. The molecule has 0 spiro atoms. The van der Waals surface area contributed by atoms with Crippen LogP contribution in [0.5, 0.6) is 0 Å². The van der Waals surface area contributed by atoms with E-state index in [9.17, 15) is 4.79 Å². The highest BCUT2D eigenvalue weighted by Crippen LogP contribution is 2.35. The van der Waals surface area contributed by atoms with Crippen LogP contribution in [0.15, 0.2) is 48.7 Å². The van der Waals surface area contributed by atoms with Crippen molar-refractivity contribution >= 4 is 22.4 Å². The predicted molar refractivity (Wildman–Crippen MR) is 119 cm³/mol. The summed E-state index contributed by atoms with van der Waals surface area (Å²) in [4.78, 5) is 23.6. The van der Waals surface area contributed by atoms with Gasteiger partial charge in [0.25, 0.3) is 0 Å². The molecule has 2 aromatic heterocycles. The smallest absolute Gasteiger partial charge is 0.228 e. The van der Waals surface area contributed by atoms with E-state index in [1.54, 1.807) is 11.3 Å². The molecule has 2 aliphatic heterocycles. The topological polar surface area (TPSA) is 50.6 Å². The van der Waals surface area contributed by atoms with Crippen molar-refractivity contribution in [2.45, 2.75) is 25.9 Å². The van der Waals surface area contributed by atoms with Crippen molar-refractivity contribution in [2.75, 3.05) is 37.7 Å². The van der Waals surface area contributed by atoms with Crippen LogP contribution in [0.25, 0.3) is 11.3 Å². The molecule has 0 bridgehead atoms. The van der Waals surface area contributed by atoms with E-state index in [2.05, 4.69) is 46.9 Å². The molecule has 30 heavy (non-hydrogen) atoms. The van der Waals surface area contributed by atoms with Gasteiger partial charge in [0.15, 0.2) is 5.13 Å². The minimum absolute atomic E-state index is 0.0908. The normalized spacial score (nSPS) is 19.0. The summed E-state index contributed by atoms with van der Waals surface area (Å²) < 4.78 is 7.74. The minimum Gasteiger partial charge on any atom is -0.378 e. The lowest BCUT2D eigenvalue weighted by atomic mass is 10.1. The third-order valence-corrected chi connectivity index (χ3v) is 7.11. The fourth-order valence-electron chi connectivity index (χ4n) is 4.33. The first-order chi connectivity index (χ1) is 14.7. The van der Waals surface area contributed by atoms with E-state index < -0.39 is 0 Å². The molecule has 1 saturated heterocycles. The first-order valence-electron chi connectivity index (χ1n) is 10.5. The Morgan fingerprint density at radius 1 is 1.10 bits per heavy atom. The lowest BCUT2D eigenvalue weighted by Gasteiger charge is -2.35. The van der Waals surface area contributed by atoms with Crippen LogP contribution in [-0.2, 0) is 22.5 Å². The second-order valence-corrected chi connectivity index (χ2v) is 8.86. The van der Waals surface area contributed by atoms with Crippen LogP contribution in [0.2, 0.25) is 0 Å². The number of thiazole rings is 1. The van der Waals surface area contributed by atoms with Gasteiger partial charge in [-0.05, 0) is 19.1 Å². The van der Waals surface area contributed by atoms with Gasteiger partial charge in [-0.25, -0.2) is 4.98 Å². The molecule has 0 saturated carbocycles. The van der Waals surface area contributed by atoms with Crippen LogP contribution < -0.4 is 4.90 Å². The third-order valence-electron chi connectivity index (χ3n) is 5.99. The fraction of sp³-hybridized carbons (Fsp3) is 0.391. The molecular formula is C23H26N4O2S. The van der Waals surface area contributed by atoms with Gasteiger partial charge in [0, 0.05) is 48.5 Å². The van der Waals surface area contributed by atoms with E-state index in [0.717, 1.165) is 60.7 Å². The lowest BCUT2D eigenvalue weighted by Crippen LogP contribution is -2.41. The molecule has 4 heterocycles. The number of anilines is 1. The summed E-state index contributed by atoms with van der Waals surface area (Å²) in [5, 5.41) is 0.987. The Hall–Kier alpha value is -2.64. The molecule has 0 radical (unpaired) electrons. The third kappa shape index (κ3) is 3.63. The maximum Gasteiger partial charge on any atom is 0.228 e. The largest absolute Gasteiger partial charge is 0.378 e. The van der Waals surface area contributed by atoms with Crippen LogP contribution in [0.1, 0.15) is 23.5 Å². The van der Waals surface area contributed by atoms with Crippen LogP contribution in [0, 0.1) is 0 Å². The summed E-state index contributed by atoms with van der Waals surface area (Å²) >= 11 is 1.65. The predicted octanol–water partition coefficient (Wildman–Crippen LogP) is 3.59. The molecule has 1 amide bonds. The van der Waals surface area contributed by atoms with E-state index in [1.165, 1.54) is 5.69 Å². The highest BCUT2D eigenvalue weighted by atomic mass is 32.1. The van der Waals surface area contributed by atoms with Gasteiger partial charge >= 0.3 is 0 Å². The quantitative estimate of drug-likeness (QED) is 0.645. The fourth-order valence-corrected chi connectivity index (χ4v) is 5.45. The molecule has 5 rings (SSSR count). The number of morpholine rings is 1. The second-order valence-electron chi connectivity index (χ2n) is 7.80. The number of carbonyl (C=O) groups is 1. The molecule has 6 nitrogen and oxygen atoms in total. The molecule has 0 unspecified atom stereocenters. The maximum absolute atomic E-state index is 13.3. The number of rotatable bonds is 4.